The lowest BCUT2D eigenvalue weighted by molar-refractivity contribution is 0.588. The summed E-state index contributed by atoms with van der Waals surface area (Å²) in [4.78, 5) is 1.86. The van der Waals surface area contributed by atoms with Crippen LogP contribution >= 0.6 is 11.3 Å². The fourth-order valence-corrected chi connectivity index (χ4v) is 3.80. The Bertz CT molecular complexity index is 998. The molecule has 7 nitrogen and oxygen atoms in total. The molecule has 0 atom stereocenters. The Morgan fingerprint density at radius 2 is 2.00 bits per heavy atom. The highest BCUT2D eigenvalue weighted by molar-refractivity contribution is 7.89. The summed E-state index contributed by atoms with van der Waals surface area (Å²) < 4.78 is 26.1. The van der Waals surface area contributed by atoms with Gasteiger partial charge in [0, 0.05) is 4.88 Å². The Hall–Kier alpha value is -2.54. The zero-order chi connectivity index (χ0) is 16.4. The van der Waals surface area contributed by atoms with Crippen molar-refractivity contribution in [1.29, 1.82) is 5.26 Å². The van der Waals surface area contributed by atoms with Gasteiger partial charge < -0.3 is 0 Å². The lowest BCUT2D eigenvalue weighted by Crippen LogP contribution is -2.18. The maximum atomic E-state index is 11.9. The molecule has 9 heteroatoms. The molecule has 0 aliphatic carbocycles. The van der Waals surface area contributed by atoms with E-state index in [2.05, 4.69) is 20.1 Å². The summed E-state index contributed by atoms with van der Waals surface area (Å²) in [5.41, 5.74) is 1.49. The second-order valence-corrected chi connectivity index (χ2v) is 7.50. The number of benzene rings is 1. The molecule has 0 fully saturated rings. The van der Waals surface area contributed by atoms with Crippen LogP contribution in [-0.2, 0) is 10.0 Å². The SMILES string of the molecule is CNS(=O)(=O)c1cccc(-c2ccc(-c3n[nH]nc3C#N)s2)c1. The number of aromatic amines is 1. The Balaban J connectivity index is 2.02. The number of nitrogens with one attached hydrogen (secondary N) is 2. The fourth-order valence-electron chi connectivity index (χ4n) is 2.04. The predicted molar refractivity (Wildman–Crippen MR) is 86.1 cm³/mol. The zero-order valence-electron chi connectivity index (χ0n) is 11.9. The minimum absolute atomic E-state index is 0.201. The van der Waals surface area contributed by atoms with Crippen LogP contribution in [0, 0.1) is 11.3 Å². The molecule has 3 rings (SSSR count). The summed E-state index contributed by atoms with van der Waals surface area (Å²) in [6.07, 6.45) is 0. The first-order chi connectivity index (χ1) is 11.0. The van der Waals surface area contributed by atoms with E-state index >= 15 is 0 Å². The van der Waals surface area contributed by atoms with E-state index in [-0.39, 0.29) is 10.6 Å². The number of H-pyrrole nitrogens is 1. The molecular weight excluding hydrogens is 334 g/mol. The molecule has 1 aromatic carbocycles. The first kappa shape index (κ1) is 15.4. The Morgan fingerprint density at radius 1 is 1.22 bits per heavy atom. The normalized spacial score (nSPS) is 11.3. The van der Waals surface area contributed by atoms with Crippen LogP contribution in [0.15, 0.2) is 41.3 Å². The molecule has 0 radical (unpaired) electrons. The third kappa shape index (κ3) is 2.87. The number of thiophene rings is 1. The molecule has 0 spiro atoms. The van der Waals surface area contributed by atoms with Crippen molar-refractivity contribution in [2.45, 2.75) is 4.90 Å². The molecule has 3 aromatic rings. The van der Waals surface area contributed by atoms with E-state index < -0.39 is 10.0 Å². The number of sulfonamides is 1. The Labute approximate surface area is 136 Å². The van der Waals surface area contributed by atoms with Crippen molar-refractivity contribution in [3.05, 3.63) is 42.1 Å². The van der Waals surface area contributed by atoms with Gasteiger partial charge in [0.25, 0.3) is 0 Å². The second kappa shape index (κ2) is 5.92. The van der Waals surface area contributed by atoms with E-state index in [1.807, 2.05) is 24.3 Å². The largest absolute Gasteiger partial charge is 0.240 e. The zero-order valence-corrected chi connectivity index (χ0v) is 13.6. The standard InChI is InChI=1S/C14H11N5O2S2/c1-16-23(20,21)10-4-2-3-9(7-10)12-5-6-13(22-12)14-11(8-15)17-19-18-14/h2-7,16H,1H3,(H,17,18,19). The second-order valence-electron chi connectivity index (χ2n) is 4.53. The molecule has 2 N–H and O–H groups in total. The van der Waals surface area contributed by atoms with Gasteiger partial charge in [0.1, 0.15) is 11.8 Å². The van der Waals surface area contributed by atoms with Crippen LogP contribution in [0.4, 0.5) is 0 Å². The molecular formula is C14H11N5O2S2. The molecule has 2 aromatic heterocycles. The summed E-state index contributed by atoms with van der Waals surface area (Å²) in [5.74, 6) is 0. The third-order valence-corrected chi connectivity index (χ3v) is 5.74. The van der Waals surface area contributed by atoms with Crippen LogP contribution in [0.1, 0.15) is 5.69 Å². The molecule has 0 unspecified atom stereocenters. The molecule has 0 saturated heterocycles. The smallest absolute Gasteiger partial charge is 0.214 e. The predicted octanol–water partition coefficient (Wildman–Crippen LogP) is 1.98. The summed E-state index contributed by atoms with van der Waals surface area (Å²) in [6, 6.07) is 12.3. The quantitative estimate of drug-likeness (QED) is 0.751. The molecule has 116 valence electrons. The van der Waals surface area contributed by atoms with Crippen LogP contribution in [-0.4, -0.2) is 30.9 Å². The van der Waals surface area contributed by atoms with E-state index in [9.17, 15) is 8.42 Å². The Kier molecular flexibility index (Phi) is 3.96. The molecule has 0 amide bonds. The molecule has 0 aliphatic heterocycles. The number of hydrogen-bond donors (Lipinski definition) is 2. The third-order valence-electron chi connectivity index (χ3n) is 3.19. The summed E-state index contributed by atoms with van der Waals surface area (Å²) >= 11 is 1.41. The fraction of sp³-hybridized carbons (Fsp3) is 0.0714. The Morgan fingerprint density at radius 3 is 2.74 bits per heavy atom. The number of nitrogens with zero attached hydrogens (tertiary/aromatic N) is 3. The van der Waals surface area contributed by atoms with Gasteiger partial charge in [-0.15, -0.1) is 16.4 Å². The molecule has 0 saturated carbocycles. The van der Waals surface area contributed by atoms with Gasteiger partial charge >= 0.3 is 0 Å². The van der Waals surface area contributed by atoms with Crippen LogP contribution in [0.3, 0.4) is 0 Å². The van der Waals surface area contributed by atoms with Crippen molar-refractivity contribution >= 4 is 21.4 Å². The van der Waals surface area contributed by atoms with Crippen LogP contribution in [0.2, 0.25) is 0 Å². The monoisotopic (exact) mass is 345 g/mol. The van der Waals surface area contributed by atoms with Gasteiger partial charge in [-0.05, 0) is 36.9 Å². The van der Waals surface area contributed by atoms with Gasteiger partial charge in [0.2, 0.25) is 10.0 Å². The van der Waals surface area contributed by atoms with Gasteiger partial charge in [0.05, 0.1) is 9.77 Å². The highest BCUT2D eigenvalue weighted by Gasteiger charge is 2.15. The summed E-state index contributed by atoms with van der Waals surface area (Å²) in [6.45, 7) is 0. The van der Waals surface area contributed by atoms with Gasteiger partial charge in [-0.2, -0.15) is 15.6 Å². The van der Waals surface area contributed by atoms with E-state index in [4.69, 9.17) is 5.26 Å². The lowest BCUT2D eigenvalue weighted by atomic mass is 10.2. The number of rotatable bonds is 4. The molecule has 0 aliphatic rings. The highest BCUT2D eigenvalue weighted by Crippen LogP contribution is 2.35. The molecule has 0 bridgehead atoms. The van der Waals surface area contributed by atoms with E-state index in [1.165, 1.54) is 24.5 Å². The van der Waals surface area contributed by atoms with Crippen LogP contribution in [0.5, 0.6) is 0 Å². The number of hydrogen-bond acceptors (Lipinski definition) is 6. The van der Waals surface area contributed by atoms with Gasteiger partial charge in [0.15, 0.2) is 5.69 Å². The van der Waals surface area contributed by atoms with Crippen molar-refractivity contribution < 1.29 is 8.42 Å². The summed E-state index contributed by atoms with van der Waals surface area (Å²) in [5, 5.41) is 19.2. The molecule has 2 heterocycles. The highest BCUT2D eigenvalue weighted by atomic mass is 32.2. The van der Waals surface area contributed by atoms with Crippen LogP contribution < -0.4 is 4.72 Å². The maximum absolute atomic E-state index is 11.9. The van der Waals surface area contributed by atoms with Gasteiger partial charge in [-0.3, -0.25) is 0 Å². The van der Waals surface area contributed by atoms with E-state index in [1.54, 1.807) is 12.1 Å². The van der Waals surface area contributed by atoms with Crippen LogP contribution in [0.25, 0.3) is 21.0 Å². The maximum Gasteiger partial charge on any atom is 0.240 e. The first-order valence-electron chi connectivity index (χ1n) is 6.50. The topological polar surface area (TPSA) is 112 Å². The minimum atomic E-state index is -3.49. The average molecular weight is 345 g/mol. The van der Waals surface area contributed by atoms with Crippen molar-refractivity contribution in [3.8, 4) is 27.1 Å². The van der Waals surface area contributed by atoms with Gasteiger partial charge in [-0.1, -0.05) is 12.1 Å². The first-order valence-corrected chi connectivity index (χ1v) is 8.80. The molecule has 23 heavy (non-hydrogen) atoms. The van der Waals surface area contributed by atoms with E-state index in [0.717, 1.165) is 15.3 Å². The lowest BCUT2D eigenvalue weighted by Gasteiger charge is -2.04. The van der Waals surface area contributed by atoms with Crippen molar-refractivity contribution in [1.82, 2.24) is 20.1 Å². The number of nitriles is 1. The summed E-state index contributed by atoms with van der Waals surface area (Å²) in [7, 11) is -2.12. The number of aromatic nitrogens is 3. The van der Waals surface area contributed by atoms with Crippen molar-refractivity contribution in [2.75, 3.05) is 7.05 Å². The van der Waals surface area contributed by atoms with Gasteiger partial charge in [-0.25, -0.2) is 13.1 Å². The van der Waals surface area contributed by atoms with Crippen molar-refractivity contribution in [2.24, 2.45) is 0 Å². The van der Waals surface area contributed by atoms with Crippen molar-refractivity contribution in [3.63, 3.8) is 0 Å². The minimum Gasteiger partial charge on any atom is -0.214 e. The average Bonchev–Trinajstić information content (AvgIpc) is 3.23. The van der Waals surface area contributed by atoms with E-state index in [0.29, 0.717) is 5.69 Å².